The summed E-state index contributed by atoms with van der Waals surface area (Å²) in [6.45, 7) is 2.58. The third kappa shape index (κ3) is 1.72. The van der Waals surface area contributed by atoms with Gasteiger partial charge < -0.3 is 0 Å². The summed E-state index contributed by atoms with van der Waals surface area (Å²) < 4.78 is 0. The zero-order valence-electron chi connectivity index (χ0n) is 7.66. The predicted molar refractivity (Wildman–Crippen MR) is 46.8 cm³/mol. The summed E-state index contributed by atoms with van der Waals surface area (Å²) in [4.78, 5) is 26.1. The summed E-state index contributed by atoms with van der Waals surface area (Å²) in [6, 6.07) is 0. The fourth-order valence-corrected chi connectivity index (χ4v) is 1.90. The van der Waals surface area contributed by atoms with Crippen molar-refractivity contribution >= 4 is 11.8 Å². The third-order valence-electron chi connectivity index (χ3n) is 2.69. The molecule has 2 aliphatic rings. The molecule has 0 aromatic heterocycles. The van der Waals surface area contributed by atoms with E-state index in [1.165, 1.54) is 17.7 Å². The molecule has 0 aromatic rings. The molecule has 13 heavy (non-hydrogen) atoms. The van der Waals surface area contributed by atoms with Crippen molar-refractivity contribution in [3.8, 4) is 0 Å². The van der Waals surface area contributed by atoms with Gasteiger partial charge in [-0.25, -0.2) is 0 Å². The van der Waals surface area contributed by atoms with Crippen LogP contribution in [0.5, 0.6) is 0 Å². The SMILES string of the molecule is O=C1CCC(=O)N1CN1CCCC1. The second-order valence-corrected chi connectivity index (χ2v) is 3.68. The van der Waals surface area contributed by atoms with Crippen LogP contribution in [-0.2, 0) is 9.59 Å². The molecule has 2 aliphatic heterocycles. The van der Waals surface area contributed by atoms with Gasteiger partial charge in [-0.1, -0.05) is 0 Å². The van der Waals surface area contributed by atoms with E-state index in [1.807, 2.05) is 0 Å². The summed E-state index contributed by atoms with van der Waals surface area (Å²) in [6.07, 6.45) is 3.20. The van der Waals surface area contributed by atoms with E-state index in [0.29, 0.717) is 19.5 Å². The second-order valence-electron chi connectivity index (χ2n) is 3.68. The Bertz CT molecular complexity index is 218. The van der Waals surface area contributed by atoms with Crippen molar-refractivity contribution in [2.75, 3.05) is 19.8 Å². The lowest BCUT2D eigenvalue weighted by molar-refractivity contribution is -0.140. The van der Waals surface area contributed by atoms with Gasteiger partial charge in [-0.05, 0) is 25.9 Å². The maximum atomic E-state index is 11.3. The molecule has 2 rings (SSSR count). The van der Waals surface area contributed by atoms with Crippen LogP contribution in [0.2, 0.25) is 0 Å². The molecule has 0 spiro atoms. The molecular formula is C9H14N2O2. The smallest absolute Gasteiger partial charge is 0.230 e. The first-order chi connectivity index (χ1) is 6.27. The molecule has 0 aliphatic carbocycles. The highest BCUT2D eigenvalue weighted by Crippen LogP contribution is 2.15. The number of likely N-dealkylation sites (tertiary alicyclic amines) is 2. The fourth-order valence-electron chi connectivity index (χ4n) is 1.90. The molecule has 2 fully saturated rings. The third-order valence-corrected chi connectivity index (χ3v) is 2.69. The number of hydrogen-bond donors (Lipinski definition) is 0. The first kappa shape index (κ1) is 8.69. The highest BCUT2D eigenvalue weighted by Gasteiger charge is 2.30. The van der Waals surface area contributed by atoms with Crippen LogP contribution in [0.4, 0.5) is 0 Å². The lowest BCUT2D eigenvalue weighted by Crippen LogP contribution is -2.39. The van der Waals surface area contributed by atoms with Crippen LogP contribution in [0.1, 0.15) is 25.7 Å². The minimum Gasteiger partial charge on any atom is -0.286 e. The van der Waals surface area contributed by atoms with E-state index < -0.39 is 0 Å². The van der Waals surface area contributed by atoms with Gasteiger partial charge in [0, 0.05) is 12.8 Å². The van der Waals surface area contributed by atoms with E-state index in [1.54, 1.807) is 0 Å². The monoisotopic (exact) mass is 182 g/mol. The van der Waals surface area contributed by atoms with Crippen molar-refractivity contribution in [1.29, 1.82) is 0 Å². The topological polar surface area (TPSA) is 40.6 Å². The Balaban J connectivity index is 1.92. The lowest BCUT2D eigenvalue weighted by atomic mass is 10.4. The predicted octanol–water partition coefficient (Wildman–Crippen LogP) is 0.189. The van der Waals surface area contributed by atoms with Gasteiger partial charge in [-0.2, -0.15) is 0 Å². The Labute approximate surface area is 77.5 Å². The van der Waals surface area contributed by atoms with Crippen LogP contribution >= 0.6 is 0 Å². The van der Waals surface area contributed by atoms with Crippen LogP contribution in [0.15, 0.2) is 0 Å². The van der Waals surface area contributed by atoms with Crippen LogP contribution in [-0.4, -0.2) is 41.4 Å². The highest BCUT2D eigenvalue weighted by atomic mass is 16.2. The van der Waals surface area contributed by atoms with Crippen LogP contribution < -0.4 is 0 Å². The lowest BCUT2D eigenvalue weighted by Gasteiger charge is -2.21. The average Bonchev–Trinajstić information content (AvgIpc) is 2.70. The van der Waals surface area contributed by atoms with E-state index in [9.17, 15) is 9.59 Å². The van der Waals surface area contributed by atoms with Gasteiger partial charge in [-0.3, -0.25) is 19.4 Å². The zero-order chi connectivity index (χ0) is 9.26. The van der Waals surface area contributed by atoms with Crippen LogP contribution in [0, 0.1) is 0 Å². The number of rotatable bonds is 2. The van der Waals surface area contributed by atoms with Crippen molar-refractivity contribution in [2.45, 2.75) is 25.7 Å². The standard InChI is InChI=1S/C9H14N2O2/c12-8-3-4-9(13)11(8)7-10-5-1-2-6-10/h1-7H2. The molecule has 0 N–H and O–H groups in total. The Hall–Kier alpha value is -0.900. The summed E-state index contributed by atoms with van der Waals surface area (Å²) in [5.74, 6) is -0.00574. The Morgan fingerprint density at radius 3 is 2.08 bits per heavy atom. The van der Waals surface area contributed by atoms with Crippen LogP contribution in [0.3, 0.4) is 0 Å². The number of carbonyl (C=O) groups is 2. The number of imide groups is 1. The number of amides is 2. The molecule has 0 radical (unpaired) electrons. The van der Waals surface area contributed by atoms with Crippen molar-refractivity contribution in [3.63, 3.8) is 0 Å². The van der Waals surface area contributed by atoms with Gasteiger partial charge in [-0.15, -0.1) is 0 Å². The van der Waals surface area contributed by atoms with Crippen molar-refractivity contribution in [2.24, 2.45) is 0 Å². The average molecular weight is 182 g/mol. The molecule has 0 bridgehead atoms. The number of carbonyl (C=O) groups excluding carboxylic acids is 2. The molecule has 72 valence electrons. The van der Waals surface area contributed by atoms with Crippen molar-refractivity contribution in [1.82, 2.24) is 9.80 Å². The quantitative estimate of drug-likeness (QED) is 0.572. The van der Waals surface area contributed by atoms with Crippen LogP contribution in [0.25, 0.3) is 0 Å². The van der Waals surface area contributed by atoms with E-state index >= 15 is 0 Å². The van der Waals surface area contributed by atoms with E-state index in [2.05, 4.69) is 4.90 Å². The molecular weight excluding hydrogens is 168 g/mol. The minimum absolute atomic E-state index is 0.00287. The largest absolute Gasteiger partial charge is 0.286 e. The van der Waals surface area contributed by atoms with E-state index in [4.69, 9.17) is 0 Å². The second kappa shape index (κ2) is 3.46. The molecule has 4 heteroatoms. The number of nitrogens with zero attached hydrogens (tertiary/aromatic N) is 2. The normalized spacial score (nSPS) is 24.8. The Morgan fingerprint density at radius 2 is 1.54 bits per heavy atom. The summed E-state index contributed by atoms with van der Waals surface area (Å²) >= 11 is 0. The molecule has 2 amide bonds. The van der Waals surface area contributed by atoms with Gasteiger partial charge >= 0.3 is 0 Å². The van der Waals surface area contributed by atoms with E-state index in [-0.39, 0.29) is 11.8 Å². The molecule has 0 aromatic carbocycles. The van der Waals surface area contributed by atoms with E-state index in [0.717, 1.165) is 13.1 Å². The molecule has 2 heterocycles. The summed E-state index contributed by atoms with van der Waals surface area (Å²) in [5.41, 5.74) is 0. The van der Waals surface area contributed by atoms with Gasteiger partial charge in [0.25, 0.3) is 0 Å². The number of hydrogen-bond acceptors (Lipinski definition) is 3. The molecule has 0 saturated carbocycles. The van der Waals surface area contributed by atoms with Crippen molar-refractivity contribution < 1.29 is 9.59 Å². The van der Waals surface area contributed by atoms with Crippen molar-refractivity contribution in [3.05, 3.63) is 0 Å². The first-order valence-electron chi connectivity index (χ1n) is 4.83. The molecule has 2 saturated heterocycles. The summed E-state index contributed by atoms with van der Waals surface area (Å²) in [5, 5.41) is 0. The Kier molecular flexibility index (Phi) is 2.31. The summed E-state index contributed by atoms with van der Waals surface area (Å²) in [7, 11) is 0. The molecule has 0 unspecified atom stereocenters. The maximum Gasteiger partial charge on any atom is 0.230 e. The Morgan fingerprint density at radius 1 is 1.00 bits per heavy atom. The fraction of sp³-hybridized carbons (Fsp3) is 0.778. The highest BCUT2D eigenvalue weighted by molar-refractivity contribution is 6.01. The first-order valence-corrected chi connectivity index (χ1v) is 4.83. The van der Waals surface area contributed by atoms with Gasteiger partial charge in [0.2, 0.25) is 11.8 Å². The van der Waals surface area contributed by atoms with Gasteiger partial charge in [0.15, 0.2) is 0 Å². The molecule has 0 atom stereocenters. The van der Waals surface area contributed by atoms with Gasteiger partial charge in [0.1, 0.15) is 0 Å². The molecule has 4 nitrogen and oxygen atoms in total. The minimum atomic E-state index is -0.00287. The maximum absolute atomic E-state index is 11.3. The van der Waals surface area contributed by atoms with Gasteiger partial charge in [0.05, 0.1) is 6.67 Å². The zero-order valence-corrected chi connectivity index (χ0v) is 7.66.